The molecular formula is C8H8F2N6O2. The summed E-state index contributed by atoms with van der Waals surface area (Å²) in [6.07, 6.45) is 0. The Morgan fingerprint density at radius 3 is 2.11 bits per heavy atom. The number of hydrogen-bond donors (Lipinski definition) is 3. The van der Waals surface area contributed by atoms with E-state index >= 15 is 0 Å². The van der Waals surface area contributed by atoms with Gasteiger partial charge in [0.15, 0.2) is 5.96 Å². The first-order chi connectivity index (χ1) is 8.31. The van der Waals surface area contributed by atoms with Gasteiger partial charge in [0.1, 0.15) is 0 Å². The highest BCUT2D eigenvalue weighted by Crippen LogP contribution is 2.26. The Morgan fingerprint density at radius 2 is 1.72 bits per heavy atom. The van der Waals surface area contributed by atoms with Gasteiger partial charge in [-0.15, -0.1) is 0 Å². The molecule has 1 aromatic carbocycles. The molecule has 0 aliphatic heterocycles. The van der Waals surface area contributed by atoms with Crippen LogP contribution in [0.2, 0.25) is 0 Å². The molecule has 0 fully saturated rings. The number of nitro groups is 1. The molecule has 0 amide bonds. The number of nitrogens with zero attached hydrogens (tertiary/aromatic N) is 3. The first kappa shape index (κ1) is 13.3. The standard InChI is InChI=1S/C8H8F2N6O2/c9-4-1-3(14-8(13)15-7(11)12)2-5(10)6(4)16(17)18/h1-2H,(H6,11,12,13,14,15). The SMILES string of the molecule is NC(N)=NC(N)=Nc1cc(F)c([N+](=O)[O-])c(F)c1. The minimum Gasteiger partial charge on any atom is -0.370 e. The van der Waals surface area contributed by atoms with E-state index in [4.69, 9.17) is 17.2 Å². The van der Waals surface area contributed by atoms with Gasteiger partial charge in [-0.3, -0.25) is 10.1 Å². The van der Waals surface area contributed by atoms with Crippen LogP contribution in [0.15, 0.2) is 22.1 Å². The molecule has 0 aromatic heterocycles. The molecule has 0 saturated heterocycles. The van der Waals surface area contributed by atoms with Gasteiger partial charge in [-0.2, -0.15) is 13.8 Å². The van der Waals surface area contributed by atoms with Crippen molar-refractivity contribution in [1.82, 2.24) is 0 Å². The quantitative estimate of drug-likeness (QED) is 0.298. The first-order valence-electron chi connectivity index (χ1n) is 4.38. The fraction of sp³-hybridized carbons (Fsp3) is 0. The maximum Gasteiger partial charge on any atom is 0.340 e. The fourth-order valence-electron chi connectivity index (χ4n) is 1.08. The van der Waals surface area contributed by atoms with Crippen molar-refractivity contribution in [2.75, 3.05) is 0 Å². The normalized spacial score (nSPS) is 11.1. The summed E-state index contributed by atoms with van der Waals surface area (Å²) in [5.74, 6) is -3.59. The second kappa shape index (κ2) is 5.03. The summed E-state index contributed by atoms with van der Waals surface area (Å²) < 4.78 is 26.4. The van der Waals surface area contributed by atoms with Crippen LogP contribution >= 0.6 is 0 Å². The van der Waals surface area contributed by atoms with E-state index in [0.29, 0.717) is 12.1 Å². The lowest BCUT2D eigenvalue weighted by Crippen LogP contribution is -2.26. The van der Waals surface area contributed by atoms with Gasteiger partial charge in [-0.1, -0.05) is 0 Å². The predicted octanol–water partition coefficient (Wildman–Crippen LogP) is 0.0926. The summed E-state index contributed by atoms with van der Waals surface area (Å²) in [5, 5.41) is 10.3. The minimum atomic E-state index is -1.38. The molecule has 96 valence electrons. The van der Waals surface area contributed by atoms with Gasteiger partial charge in [-0.05, 0) is 0 Å². The van der Waals surface area contributed by atoms with Crippen LogP contribution in [0.4, 0.5) is 20.2 Å². The highest BCUT2D eigenvalue weighted by molar-refractivity contribution is 5.93. The van der Waals surface area contributed by atoms with Crippen molar-refractivity contribution in [3.05, 3.63) is 33.9 Å². The Morgan fingerprint density at radius 1 is 1.22 bits per heavy atom. The molecule has 0 aliphatic rings. The van der Waals surface area contributed by atoms with E-state index in [1.54, 1.807) is 0 Å². The van der Waals surface area contributed by atoms with Gasteiger partial charge in [0.05, 0.1) is 10.6 Å². The van der Waals surface area contributed by atoms with Gasteiger partial charge >= 0.3 is 5.69 Å². The lowest BCUT2D eigenvalue weighted by molar-refractivity contribution is -0.390. The molecule has 0 radical (unpaired) electrons. The summed E-state index contributed by atoms with van der Waals surface area (Å²) >= 11 is 0. The third kappa shape index (κ3) is 3.10. The van der Waals surface area contributed by atoms with Gasteiger partial charge in [0.25, 0.3) is 0 Å². The van der Waals surface area contributed by atoms with Crippen LogP contribution in [0.5, 0.6) is 0 Å². The molecule has 6 N–H and O–H groups in total. The number of nitro benzene ring substituents is 1. The topological polar surface area (TPSA) is 146 Å². The lowest BCUT2D eigenvalue weighted by atomic mass is 10.2. The van der Waals surface area contributed by atoms with Crippen molar-refractivity contribution < 1.29 is 13.7 Å². The fourth-order valence-corrected chi connectivity index (χ4v) is 1.08. The van der Waals surface area contributed by atoms with E-state index in [2.05, 4.69) is 9.98 Å². The Bertz CT molecular complexity index is 530. The third-order valence-electron chi connectivity index (χ3n) is 1.67. The molecule has 10 heteroatoms. The van der Waals surface area contributed by atoms with E-state index in [1.165, 1.54) is 0 Å². The highest BCUT2D eigenvalue weighted by atomic mass is 19.1. The second-order valence-corrected chi connectivity index (χ2v) is 3.02. The highest BCUT2D eigenvalue weighted by Gasteiger charge is 2.21. The van der Waals surface area contributed by atoms with Crippen LogP contribution in [0.25, 0.3) is 0 Å². The number of benzene rings is 1. The molecule has 0 spiro atoms. The smallest absolute Gasteiger partial charge is 0.340 e. The molecule has 8 nitrogen and oxygen atoms in total. The van der Waals surface area contributed by atoms with E-state index in [0.717, 1.165) is 0 Å². The van der Waals surface area contributed by atoms with Crippen LogP contribution in [0.3, 0.4) is 0 Å². The predicted molar refractivity (Wildman–Crippen MR) is 60.1 cm³/mol. The maximum absolute atomic E-state index is 13.2. The summed E-state index contributed by atoms with van der Waals surface area (Å²) in [6.45, 7) is 0. The van der Waals surface area contributed by atoms with Gasteiger partial charge < -0.3 is 17.2 Å². The molecule has 0 unspecified atom stereocenters. The van der Waals surface area contributed by atoms with Gasteiger partial charge in [-0.25, -0.2) is 4.99 Å². The molecule has 1 aromatic rings. The van der Waals surface area contributed by atoms with Crippen molar-refractivity contribution in [1.29, 1.82) is 0 Å². The Labute approximate surface area is 99.0 Å². The zero-order valence-electron chi connectivity index (χ0n) is 8.80. The Balaban J connectivity index is 3.23. The van der Waals surface area contributed by atoms with Crippen LogP contribution in [0, 0.1) is 21.7 Å². The van der Waals surface area contributed by atoms with Crippen molar-refractivity contribution in [2.24, 2.45) is 27.2 Å². The molecular weight excluding hydrogens is 250 g/mol. The van der Waals surface area contributed by atoms with Crippen LogP contribution in [-0.4, -0.2) is 16.8 Å². The van der Waals surface area contributed by atoms with Crippen molar-refractivity contribution in [2.45, 2.75) is 0 Å². The zero-order valence-corrected chi connectivity index (χ0v) is 8.80. The first-order valence-corrected chi connectivity index (χ1v) is 4.38. The second-order valence-electron chi connectivity index (χ2n) is 3.02. The number of rotatable bonds is 2. The van der Waals surface area contributed by atoms with Gasteiger partial charge in [0, 0.05) is 12.1 Å². The molecule has 1 rings (SSSR count). The van der Waals surface area contributed by atoms with Crippen LogP contribution in [-0.2, 0) is 0 Å². The van der Waals surface area contributed by atoms with Crippen molar-refractivity contribution in [3.8, 4) is 0 Å². The summed E-state index contributed by atoms with van der Waals surface area (Å²) in [5.41, 5.74) is 13.7. The summed E-state index contributed by atoms with van der Waals surface area (Å²) in [7, 11) is 0. The number of halogens is 2. The Kier molecular flexibility index (Phi) is 3.72. The zero-order chi connectivity index (χ0) is 13.9. The molecule has 0 bridgehead atoms. The number of hydrogen-bond acceptors (Lipinski definition) is 3. The maximum atomic E-state index is 13.2. The van der Waals surface area contributed by atoms with E-state index in [-0.39, 0.29) is 11.6 Å². The monoisotopic (exact) mass is 258 g/mol. The molecule has 0 heterocycles. The molecule has 0 aliphatic carbocycles. The van der Waals surface area contributed by atoms with E-state index < -0.39 is 28.2 Å². The van der Waals surface area contributed by atoms with E-state index in [1.807, 2.05) is 0 Å². The Hall–Kier alpha value is -2.78. The lowest BCUT2D eigenvalue weighted by Gasteiger charge is -1.99. The third-order valence-corrected chi connectivity index (χ3v) is 1.67. The van der Waals surface area contributed by atoms with Crippen molar-refractivity contribution in [3.63, 3.8) is 0 Å². The average molecular weight is 258 g/mol. The number of nitrogens with two attached hydrogens (primary N) is 3. The molecule has 18 heavy (non-hydrogen) atoms. The van der Waals surface area contributed by atoms with Crippen LogP contribution < -0.4 is 17.2 Å². The van der Waals surface area contributed by atoms with Crippen LogP contribution in [0.1, 0.15) is 0 Å². The molecule has 0 saturated carbocycles. The average Bonchev–Trinajstić information content (AvgIpc) is 2.12. The molecule has 0 atom stereocenters. The van der Waals surface area contributed by atoms with Gasteiger partial charge in [0.2, 0.25) is 17.6 Å². The summed E-state index contributed by atoms with van der Waals surface area (Å²) in [4.78, 5) is 15.9. The number of aliphatic imine (C=N–C) groups is 2. The largest absolute Gasteiger partial charge is 0.370 e. The minimum absolute atomic E-state index is 0.293. The van der Waals surface area contributed by atoms with Crippen molar-refractivity contribution >= 4 is 23.3 Å². The van der Waals surface area contributed by atoms with E-state index in [9.17, 15) is 18.9 Å². The number of guanidine groups is 2. The summed E-state index contributed by atoms with van der Waals surface area (Å²) in [6, 6.07) is 1.27.